The summed E-state index contributed by atoms with van der Waals surface area (Å²) < 4.78 is 51.4. The van der Waals surface area contributed by atoms with Gasteiger partial charge in [0.15, 0.2) is 9.84 Å². The van der Waals surface area contributed by atoms with Crippen molar-refractivity contribution < 1.29 is 16.8 Å². The normalized spacial score (nSPS) is 21.0. The van der Waals surface area contributed by atoms with Crippen LogP contribution in [-0.4, -0.2) is 57.9 Å². The van der Waals surface area contributed by atoms with Crippen molar-refractivity contribution in [2.45, 2.75) is 16.6 Å². The van der Waals surface area contributed by atoms with Crippen molar-refractivity contribution in [3.8, 4) is 0 Å². The van der Waals surface area contributed by atoms with Crippen LogP contribution in [0.15, 0.2) is 29.2 Å². The molecule has 0 aliphatic carbocycles. The third kappa shape index (κ3) is 3.24. The van der Waals surface area contributed by atoms with Gasteiger partial charge in [0, 0.05) is 32.2 Å². The van der Waals surface area contributed by atoms with Crippen LogP contribution in [0.25, 0.3) is 0 Å². The van der Waals surface area contributed by atoms with Crippen molar-refractivity contribution in [1.29, 1.82) is 0 Å². The van der Waals surface area contributed by atoms with Crippen LogP contribution in [0.2, 0.25) is 5.02 Å². The Hall–Kier alpha value is -0.670. The summed E-state index contributed by atoms with van der Waals surface area (Å²) in [4.78, 5) is 0.168. The van der Waals surface area contributed by atoms with Gasteiger partial charge in [-0.1, -0.05) is 11.6 Å². The van der Waals surface area contributed by atoms with Gasteiger partial charge >= 0.3 is 0 Å². The summed E-state index contributed by atoms with van der Waals surface area (Å²) in [5, 5.41) is -0.273. The lowest BCUT2D eigenvalue weighted by Gasteiger charge is -2.20. The van der Waals surface area contributed by atoms with Crippen molar-refractivity contribution in [3.05, 3.63) is 29.3 Å². The third-order valence-corrected chi connectivity index (χ3v) is 7.83. The predicted molar refractivity (Wildman–Crippen MR) is 81.2 cm³/mol. The summed E-state index contributed by atoms with van der Waals surface area (Å²) in [6, 6.07) is 5.91. The minimum atomic E-state index is -3.58. The van der Waals surface area contributed by atoms with Crippen LogP contribution in [0, 0.1) is 0 Å². The Bertz CT molecular complexity index is 714. The second kappa shape index (κ2) is 5.85. The molecular formula is C12H17ClN2O4S2. The van der Waals surface area contributed by atoms with Gasteiger partial charge < -0.3 is 0 Å². The highest BCUT2D eigenvalue weighted by molar-refractivity contribution is 7.92. The number of sulfone groups is 1. The Morgan fingerprint density at radius 3 is 2.24 bits per heavy atom. The molecule has 0 aromatic heterocycles. The van der Waals surface area contributed by atoms with Crippen molar-refractivity contribution >= 4 is 31.6 Å². The fourth-order valence-corrected chi connectivity index (χ4v) is 5.29. The molecular weight excluding hydrogens is 336 g/mol. The molecule has 1 fully saturated rings. The summed E-state index contributed by atoms with van der Waals surface area (Å²) in [5.41, 5.74) is 0. The van der Waals surface area contributed by atoms with Crippen LogP contribution < -0.4 is 0 Å². The minimum absolute atomic E-state index is 0.0223. The molecule has 1 aliphatic heterocycles. The van der Waals surface area contributed by atoms with Gasteiger partial charge in [-0.05, 0) is 30.7 Å². The van der Waals surface area contributed by atoms with Crippen molar-refractivity contribution in [2.24, 2.45) is 0 Å². The Morgan fingerprint density at radius 1 is 1.14 bits per heavy atom. The van der Waals surface area contributed by atoms with Gasteiger partial charge in [-0.25, -0.2) is 8.42 Å². The topological polar surface area (TPSA) is 74.8 Å². The molecule has 0 saturated carbocycles. The molecule has 2 rings (SSSR count). The molecule has 0 bridgehead atoms. The molecule has 1 atom stereocenters. The maximum Gasteiger partial charge on any atom is 0.281 e. The van der Waals surface area contributed by atoms with Crippen LogP contribution in [0.3, 0.4) is 0 Å². The third-order valence-electron chi connectivity index (χ3n) is 3.48. The van der Waals surface area contributed by atoms with Crippen molar-refractivity contribution in [1.82, 2.24) is 8.61 Å². The van der Waals surface area contributed by atoms with E-state index in [-0.39, 0.29) is 24.4 Å². The van der Waals surface area contributed by atoms with Gasteiger partial charge in [-0.2, -0.15) is 17.0 Å². The van der Waals surface area contributed by atoms with Crippen molar-refractivity contribution in [3.63, 3.8) is 0 Å². The van der Waals surface area contributed by atoms with Gasteiger partial charge in [0.1, 0.15) is 0 Å². The predicted octanol–water partition coefficient (Wildman–Crippen LogP) is 0.994. The van der Waals surface area contributed by atoms with E-state index in [0.717, 1.165) is 4.31 Å². The SMILES string of the molecule is CN(C)S(=O)(=O)N1CCC(S(=O)(=O)c2ccc(Cl)cc2)C1. The molecule has 0 radical (unpaired) electrons. The Balaban J connectivity index is 2.23. The Morgan fingerprint density at radius 2 is 1.71 bits per heavy atom. The highest BCUT2D eigenvalue weighted by Gasteiger charge is 2.39. The molecule has 1 heterocycles. The lowest BCUT2D eigenvalue weighted by atomic mass is 10.4. The average molecular weight is 353 g/mol. The van der Waals surface area contributed by atoms with Gasteiger partial charge in [-0.3, -0.25) is 0 Å². The molecule has 1 aliphatic rings. The highest BCUT2D eigenvalue weighted by atomic mass is 35.5. The fourth-order valence-electron chi connectivity index (χ4n) is 2.21. The molecule has 1 aromatic rings. The number of halogens is 1. The van der Waals surface area contributed by atoms with E-state index in [1.165, 1.54) is 42.7 Å². The highest BCUT2D eigenvalue weighted by Crippen LogP contribution is 2.26. The van der Waals surface area contributed by atoms with E-state index in [1.807, 2.05) is 0 Å². The van der Waals surface area contributed by atoms with Gasteiger partial charge in [-0.15, -0.1) is 0 Å². The molecule has 0 amide bonds. The van der Waals surface area contributed by atoms with Gasteiger partial charge in [0.2, 0.25) is 0 Å². The second-order valence-electron chi connectivity index (χ2n) is 5.06. The molecule has 1 saturated heterocycles. The van der Waals surface area contributed by atoms with Crippen LogP contribution in [0.5, 0.6) is 0 Å². The molecule has 0 spiro atoms. The lowest BCUT2D eigenvalue weighted by molar-refractivity contribution is 0.421. The maximum atomic E-state index is 12.5. The van der Waals surface area contributed by atoms with Gasteiger partial charge in [0.25, 0.3) is 10.2 Å². The average Bonchev–Trinajstić information content (AvgIpc) is 2.89. The smallest absolute Gasteiger partial charge is 0.223 e. The molecule has 118 valence electrons. The molecule has 1 unspecified atom stereocenters. The quantitative estimate of drug-likeness (QED) is 0.810. The second-order valence-corrected chi connectivity index (χ2v) is 9.86. The van der Waals surface area contributed by atoms with Crippen LogP contribution >= 0.6 is 11.6 Å². The first-order valence-electron chi connectivity index (χ1n) is 6.33. The van der Waals surface area contributed by atoms with E-state index in [0.29, 0.717) is 5.02 Å². The van der Waals surface area contributed by atoms with Crippen LogP contribution in [0.1, 0.15) is 6.42 Å². The summed E-state index contributed by atoms with van der Waals surface area (Å²) in [5.74, 6) is 0. The largest absolute Gasteiger partial charge is 0.281 e. The number of hydrogen-bond acceptors (Lipinski definition) is 4. The molecule has 0 N–H and O–H groups in total. The van der Waals surface area contributed by atoms with E-state index in [2.05, 4.69) is 0 Å². The fraction of sp³-hybridized carbons (Fsp3) is 0.500. The lowest BCUT2D eigenvalue weighted by Crippen LogP contribution is -2.39. The van der Waals surface area contributed by atoms with Crippen LogP contribution in [0.4, 0.5) is 0 Å². The molecule has 9 heteroatoms. The summed E-state index contributed by atoms with van der Waals surface area (Å²) in [7, 11) is -4.28. The van der Waals surface area contributed by atoms with E-state index in [1.54, 1.807) is 0 Å². The first-order chi connectivity index (χ1) is 9.65. The van der Waals surface area contributed by atoms with E-state index in [4.69, 9.17) is 11.6 Å². The monoisotopic (exact) mass is 352 g/mol. The first-order valence-corrected chi connectivity index (χ1v) is 9.65. The Kier molecular flexibility index (Phi) is 4.65. The Labute approximate surface area is 130 Å². The summed E-state index contributed by atoms with van der Waals surface area (Å²) >= 11 is 5.75. The summed E-state index contributed by atoms with van der Waals surface area (Å²) in [6.45, 7) is 0.184. The zero-order valence-electron chi connectivity index (χ0n) is 11.7. The zero-order valence-corrected chi connectivity index (χ0v) is 14.1. The van der Waals surface area contributed by atoms with E-state index >= 15 is 0 Å². The molecule has 1 aromatic carbocycles. The summed E-state index contributed by atoms with van der Waals surface area (Å²) in [6.07, 6.45) is 0.290. The number of nitrogens with zero attached hydrogens (tertiary/aromatic N) is 2. The number of benzene rings is 1. The van der Waals surface area contributed by atoms with Crippen molar-refractivity contribution in [2.75, 3.05) is 27.2 Å². The maximum absolute atomic E-state index is 12.5. The number of hydrogen-bond donors (Lipinski definition) is 0. The first kappa shape index (κ1) is 16.7. The number of rotatable bonds is 4. The van der Waals surface area contributed by atoms with Crippen LogP contribution in [-0.2, 0) is 20.0 Å². The van der Waals surface area contributed by atoms with E-state index in [9.17, 15) is 16.8 Å². The molecule has 6 nitrogen and oxygen atoms in total. The van der Waals surface area contributed by atoms with E-state index < -0.39 is 25.3 Å². The minimum Gasteiger partial charge on any atom is -0.223 e. The standard InChI is InChI=1S/C12H17ClN2O4S2/c1-14(2)21(18,19)15-8-7-12(9-15)20(16,17)11-5-3-10(13)4-6-11/h3-6,12H,7-9H2,1-2H3. The van der Waals surface area contributed by atoms with Gasteiger partial charge in [0.05, 0.1) is 10.1 Å². The zero-order chi connectivity index (χ0) is 15.8. The molecule has 21 heavy (non-hydrogen) atoms.